The molecule has 0 heterocycles. The molecular weight excluding hydrogens is 346 g/mol. The number of halogens is 1. The Bertz CT molecular complexity index is 846. The molecule has 0 saturated heterocycles. The second-order valence-electron chi connectivity index (χ2n) is 5.99. The van der Waals surface area contributed by atoms with Crippen LogP contribution in [0.1, 0.15) is 22.7 Å². The number of carbonyl (C=O) groups excluding carboxylic acids is 1. The summed E-state index contributed by atoms with van der Waals surface area (Å²) in [6.45, 7) is 0. The molecule has 1 N–H and O–H groups in total. The number of amides is 1. The Morgan fingerprint density at radius 3 is 2.15 bits per heavy atom. The molecule has 3 nitrogen and oxygen atoms in total. The molecular formula is C22H20ClNO2. The third-order valence-electron chi connectivity index (χ3n) is 4.17. The fourth-order valence-corrected chi connectivity index (χ4v) is 2.93. The fourth-order valence-electron chi connectivity index (χ4n) is 2.80. The number of hydrogen-bond acceptors (Lipinski definition) is 2. The predicted octanol–water partition coefficient (Wildman–Crippen LogP) is 4.80. The van der Waals surface area contributed by atoms with Crippen LogP contribution >= 0.6 is 11.6 Å². The Morgan fingerprint density at radius 2 is 1.54 bits per heavy atom. The Morgan fingerprint density at radius 1 is 0.923 bits per heavy atom. The number of nitrogens with one attached hydrogen (secondary N) is 1. The highest BCUT2D eigenvalue weighted by Gasteiger charge is 2.17. The third-order valence-corrected chi connectivity index (χ3v) is 4.42. The van der Waals surface area contributed by atoms with Gasteiger partial charge in [0.2, 0.25) is 5.91 Å². The van der Waals surface area contributed by atoms with Crippen LogP contribution in [0, 0.1) is 0 Å². The first-order valence-electron chi connectivity index (χ1n) is 8.38. The minimum Gasteiger partial charge on any atom is -0.497 e. The molecule has 26 heavy (non-hydrogen) atoms. The van der Waals surface area contributed by atoms with Crippen molar-refractivity contribution in [2.75, 3.05) is 7.11 Å². The van der Waals surface area contributed by atoms with Crippen molar-refractivity contribution in [3.8, 4) is 5.75 Å². The van der Waals surface area contributed by atoms with Crippen LogP contribution in [0.2, 0.25) is 5.02 Å². The lowest BCUT2D eigenvalue weighted by molar-refractivity contribution is -0.120. The summed E-state index contributed by atoms with van der Waals surface area (Å²) in [5.74, 6) is 0.741. The van der Waals surface area contributed by atoms with Gasteiger partial charge in [0, 0.05) is 5.02 Å². The van der Waals surface area contributed by atoms with Crippen LogP contribution < -0.4 is 10.1 Å². The van der Waals surface area contributed by atoms with Crippen LogP contribution in [0.4, 0.5) is 0 Å². The molecule has 1 amide bonds. The topological polar surface area (TPSA) is 38.3 Å². The molecule has 0 spiro atoms. The lowest BCUT2D eigenvalue weighted by atomic mass is 9.98. The van der Waals surface area contributed by atoms with Gasteiger partial charge in [-0.3, -0.25) is 4.79 Å². The first kappa shape index (κ1) is 18.0. The molecule has 0 aliphatic heterocycles. The highest BCUT2D eigenvalue weighted by molar-refractivity contribution is 6.30. The number of methoxy groups -OCH3 is 1. The zero-order valence-electron chi connectivity index (χ0n) is 14.5. The first-order valence-corrected chi connectivity index (χ1v) is 8.76. The lowest BCUT2D eigenvalue weighted by Crippen LogP contribution is -2.30. The summed E-state index contributed by atoms with van der Waals surface area (Å²) in [4.78, 5) is 12.6. The molecule has 0 saturated carbocycles. The summed E-state index contributed by atoms with van der Waals surface area (Å²) in [5, 5.41) is 3.80. The van der Waals surface area contributed by atoms with Gasteiger partial charge in [0.25, 0.3) is 0 Å². The van der Waals surface area contributed by atoms with Crippen LogP contribution in [0.15, 0.2) is 78.9 Å². The molecule has 0 aromatic heterocycles. The number of carbonyl (C=O) groups is 1. The van der Waals surface area contributed by atoms with Crippen LogP contribution in [0.25, 0.3) is 0 Å². The van der Waals surface area contributed by atoms with Crippen molar-refractivity contribution < 1.29 is 9.53 Å². The summed E-state index contributed by atoms with van der Waals surface area (Å²) in [7, 11) is 1.64. The van der Waals surface area contributed by atoms with Gasteiger partial charge < -0.3 is 10.1 Å². The molecule has 0 radical (unpaired) electrons. The molecule has 3 aromatic carbocycles. The second-order valence-corrected chi connectivity index (χ2v) is 6.42. The molecule has 4 heteroatoms. The van der Waals surface area contributed by atoms with E-state index in [0.29, 0.717) is 11.4 Å². The van der Waals surface area contributed by atoms with Gasteiger partial charge in [-0.05, 0) is 41.0 Å². The zero-order chi connectivity index (χ0) is 18.4. The van der Waals surface area contributed by atoms with Gasteiger partial charge in [-0.1, -0.05) is 66.2 Å². The van der Waals surface area contributed by atoms with Crippen molar-refractivity contribution in [3.05, 3.63) is 101 Å². The molecule has 3 aromatic rings. The SMILES string of the molecule is COc1ccc([C@H](NC(=O)Cc2ccc(Cl)cc2)c2ccccc2)cc1. The fraction of sp³-hybridized carbons (Fsp3) is 0.136. The van der Waals surface area contributed by atoms with E-state index in [0.717, 1.165) is 22.4 Å². The van der Waals surface area contributed by atoms with Gasteiger partial charge in [-0.25, -0.2) is 0 Å². The highest BCUT2D eigenvalue weighted by Crippen LogP contribution is 2.24. The smallest absolute Gasteiger partial charge is 0.225 e. The minimum absolute atomic E-state index is 0.0445. The maximum atomic E-state index is 12.6. The van der Waals surface area contributed by atoms with Crippen molar-refractivity contribution in [2.24, 2.45) is 0 Å². The van der Waals surface area contributed by atoms with E-state index in [-0.39, 0.29) is 11.9 Å². The normalized spacial score (nSPS) is 11.6. The average Bonchev–Trinajstić information content (AvgIpc) is 2.69. The third kappa shape index (κ3) is 4.64. The predicted molar refractivity (Wildman–Crippen MR) is 105 cm³/mol. The lowest BCUT2D eigenvalue weighted by Gasteiger charge is -2.20. The van der Waals surface area contributed by atoms with E-state index >= 15 is 0 Å². The van der Waals surface area contributed by atoms with E-state index < -0.39 is 0 Å². The molecule has 0 aliphatic rings. The van der Waals surface area contributed by atoms with E-state index in [4.69, 9.17) is 16.3 Å². The molecule has 132 valence electrons. The standard InChI is InChI=1S/C22H20ClNO2/c1-26-20-13-9-18(10-14-20)22(17-5-3-2-4-6-17)24-21(25)15-16-7-11-19(23)12-8-16/h2-14,22H,15H2,1H3,(H,24,25)/t22-/m1/s1. The Hall–Kier alpha value is -2.78. The summed E-state index contributed by atoms with van der Waals surface area (Å²) in [6.07, 6.45) is 0.302. The second kappa shape index (κ2) is 8.54. The molecule has 1 atom stereocenters. The van der Waals surface area contributed by atoms with Crippen molar-refractivity contribution in [1.82, 2.24) is 5.32 Å². The summed E-state index contributed by atoms with van der Waals surface area (Å²) < 4.78 is 5.23. The van der Waals surface area contributed by atoms with Gasteiger partial charge in [0.15, 0.2) is 0 Å². The first-order chi connectivity index (χ1) is 12.7. The largest absolute Gasteiger partial charge is 0.497 e. The van der Waals surface area contributed by atoms with E-state index in [1.165, 1.54) is 0 Å². The van der Waals surface area contributed by atoms with Crippen molar-refractivity contribution in [2.45, 2.75) is 12.5 Å². The van der Waals surface area contributed by atoms with Gasteiger partial charge >= 0.3 is 0 Å². The van der Waals surface area contributed by atoms with Gasteiger partial charge in [-0.15, -0.1) is 0 Å². The molecule has 0 aliphatic carbocycles. The number of benzene rings is 3. The number of hydrogen-bond donors (Lipinski definition) is 1. The van der Waals surface area contributed by atoms with Crippen LogP contribution in [-0.4, -0.2) is 13.0 Å². The Labute approximate surface area is 158 Å². The van der Waals surface area contributed by atoms with Crippen molar-refractivity contribution in [3.63, 3.8) is 0 Å². The Balaban J connectivity index is 1.81. The van der Waals surface area contributed by atoms with Gasteiger partial charge in [0.05, 0.1) is 19.6 Å². The minimum atomic E-state index is -0.220. The maximum Gasteiger partial charge on any atom is 0.225 e. The Kier molecular flexibility index (Phi) is 5.92. The quantitative estimate of drug-likeness (QED) is 0.681. The molecule has 0 unspecified atom stereocenters. The van der Waals surface area contributed by atoms with E-state index in [1.807, 2.05) is 66.7 Å². The van der Waals surface area contributed by atoms with E-state index in [9.17, 15) is 4.79 Å². The summed E-state index contributed by atoms with van der Waals surface area (Å²) in [6, 6.07) is 24.8. The van der Waals surface area contributed by atoms with Crippen molar-refractivity contribution in [1.29, 1.82) is 0 Å². The zero-order valence-corrected chi connectivity index (χ0v) is 15.2. The maximum absolute atomic E-state index is 12.6. The number of ether oxygens (including phenoxy) is 1. The monoisotopic (exact) mass is 365 g/mol. The van der Waals surface area contributed by atoms with E-state index in [1.54, 1.807) is 19.2 Å². The highest BCUT2D eigenvalue weighted by atomic mass is 35.5. The molecule has 0 fully saturated rings. The van der Waals surface area contributed by atoms with Crippen LogP contribution in [-0.2, 0) is 11.2 Å². The summed E-state index contributed by atoms with van der Waals surface area (Å²) in [5.41, 5.74) is 2.96. The molecule has 3 rings (SSSR count). The van der Waals surface area contributed by atoms with Gasteiger partial charge in [0.1, 0.15) is 5.75 Å². The van der Waals surface area contributed by atoms with Crippen LogP contribution in [0.3, 0.4) is 0 Å². The average molecular weight is 366 g/mol. The van der Waals surface area contributed by atoms with Gasteiger partial charge in [-0.2, -0.15) is 0 Å². The van der Waals surface area contributed by atoms with Crippen molar-refractivity contribution >= 4 is 17.5 Å². The molecule has 0 bridgehead atoms. The van der Waals surface area contributed by atoms with Crippen LogP contribution in [0.5, 0.6) is 5.75 Å². The number of rotatable bonds is 6. The van der Waals surface area contributed by atoms with E-state index in [2.05, 4.69) is 5.32 Å². The summed E-state index contributed by atoms with van der Waals surface area (Å²) >= 11 is 5.91.